The second-order valence-corrected chi connectivity index (χ2v) is 7.85. The van der Waals surface area contributed by atoms with Crippen molar-refractivity contribution >= 4 is 45.9 Å². The average Bonchev–Trinajstić information content (AvgIpc) is 3.35. The fourth-order valence-electron chi connectivity index (χ4n) is 2.77. The van der Waals surface area contributed by atoms with E-state index in [2.05, 4.69) is 15.2 Å². The Bertz CT molecular complexity index is 917. The summed E-state index contributed by atoms with van der Waals surface area (Å²) in [5.41, 5.74) is 0.933. The van der Waals surface area contributed by atoms with Crippen molar-refractivity contribution in [3.8, 4) is 0 Å². The largest absolute Gasteiger partial charge is 0.271 e. The lowest BCUT2D eigenvalue weighted by atomic mass is 10.1. The molecule has 128 valence electrons. The lowest BCUT2D eigenvalue weighted by Crippen LogP contribution is -2.30. The first-order chi connectivity index (χ1) is 12.1. The minimum absolute atomic E-state index is 0.0166. The first-order valence-corrected chi connectivity index (χ1v) is 9.79. The Morgan fingerprint density at radius 2 is 2.12 bits per heavy atom. The predicted molar refractivity (Wildman–Crippen MR) is 99.1 cm³/mol. The molecule has 3 aromatic rings. The van der Waals surface area contributed by atoms with Crippen molar-refractivity contribution in [3.63, 3.8) is 0 Å². The van der Waals surface area contributed by atoms with Crippen molar-refractivity contribution in [3.05, 3.63) is 55.9 Å². The maximum atomic E-state index is 12.9. The third kappa shape index (κ3) is 3.24. The van der Waals surface area contributed by atoms with Crippen LogP contribution in [0.1, 0.15) is 28.0 Å². The molecule has 1 aliphatic heterocycles. The third-order valence-electron chi connectivity index (χ3n) is 3.86. The van der Waals surface area contributed by atoms with Gasteiger partial charge in [0.25, 0.3) is 5.91 Å². The number of aromatic nitrogens is 3. The maximum absolute atomic E-state index is 12.9. The first-order valence-electron chi connectivity index (χ1n) is 7.65. The Hall–Kier alpha value is -2.03. The number of hydrazone groups is 1. The Morgan fingerprint density at radius 3 is 2.76 bits per heavy atom. The molecule has 1 unspecified atom stereocenters. The van der Waals surface area contributed by atoms with Crippen LogP contribution in [0.2, 0.25) is 5.28 Å². The van der Waals surface area contributed by atoms with Gasteiger partial charge in [-0.05, 0) is 41.4 Å². The summed E-state index contributed by atoms with van der Waals surface area (Å²) in [6.45, 7) is 1.76. The van der Waals surface area contributed by atoms with Crippen LogP contribution in [-0.4, -0.2) is 31.4 Å². The van der Waals surface area contributed by atoms with E-state index in [1.54, 1.807) is 34.6 Å². The molecule has 0 bridgehead atoms. The highest BCUT2D eigenvalue weighted by molar-refractivity contribution is 7.12. The van der Waals surface area contributed by atoms with Gasteiger partial charge in [0.05, 0.1) is 16.6 Å². The zero-order valence-electron chi connectivity index (χ0n) is 13.3. The molecule has 4 heterocycles. The molecular weight excluding hydrogens is 378 g/mol. The van der Waals surface area contributed by atoms with Crippen molar-refractivity contribution in [2.45, 2.75) is 25.9 Å². The molecule has 1 aliphatic rings. The summed E-state index contributed by atoms with van der Waals surface area (Å²) >= 11 is 9.29. The van der Waals surface area contributed by atoms with Crippen molar-refractivity contribution < 1.29 is 4.79 Å². The van der Waals surface area contributed by atoms with Crippen LogP contribution in [0.25, 0.3) is 0 Å². The summed E-state index contributed by atoms with van der Waals surface area (Å²) in [5.74, 6) is 0.383. The standard InChI is InChI=1S/C16H14ClN5OS2/c1-10-18-16(17)21(19-10)9-15(23)22-12(14-5-3-7-25-14)8-11(20-22)13-4-2-6-24-13/h2-7,12H,8-9H2,1H3. The van der Waals surface area contributed by atoms with Crippen molar-refractivity contribution in [1.82, 2.24) is 19.8 Å². The lowest BCUT2D eigenvalue weighted by molar-refractivity contribution is -0.133. The fraction of sp³-hybridized carbons (Fsp3) is 0.250. The van der Waals surface area contributed by atoms with Crippen molar-refractivity contribution in [1.29, 1.82) is 0 Å². The van der Waals surface area contributed by atoms with Gasteiger partial charge in [-0.25, -0.2) is 14.7 Å². The number of aryl methyl sites for hydroxylation is 1. The molecule has 0 radical (unpaired) electrons. The van der Waals surface area contributed by atoms with E-state index in [9.17, 15) is 4.79 Å². The molecule has 3 aromatic heterocycles. The Balaban J connectivity index is 1.63. The van der Waals surface area contributed by atoms with Crippen LogP contribution in [0.5, 0.6) is 0 Å². The van der Waals surface area contributed by atoms with Crippen LogP contribution in [-0.2, 0) is 11.3 Å². The van der Waals surface area contributed by atoms with Crippen LogP contribution < -0.4 is 0 Å². The predicted octanol–water partition coefficient (Wildman–Crippen LogP) is 3.74. The molecule has 1 atom stereocenters. The van der Waals surface area contributed by atoms with E-state index < -0.39 is 0 Å². The summed E-state index contributed by atoms with van der Waals surface area (Å²) < 4.78 is 1.41. The monoisotopic (exact) mass is 391 g/mol. The molecule has 1 amide bonds. The van der Waals surface area contributed by atoms with Crippen LogP contribution in [0.3, 0.4) is 0 Å². The van der Waals surface area contributed by atoms with E-state index in [1.165, 1.54) is 4.68 Å². The van der Waals surface area contributed by atoms with Gasteiger partial charge < -0.3 is 0 Å². The molecule has 9 heteroatoms. The highest BCUT2D eigenvalue weighted by Gasteiger charge is 2.34. The van der Waals surface area contributed by atoms with Crippen LogP contribution in [0.4, 0.5) is 0 Å². The number of hydrogen-bond donors (Lipinski definition) is 0. The van der Waals surface area contributed by atoms with E-state index in [1.807, 2.05) is 35.0 Å². The molecule has 0 saturated carbocycles. The zero-order valence-corrected chi connectivity index (χ0v) is 15.7. The van der Waals surface area contributed by atoms with E-state index in [-0.39, 0.29) is 23.8 Å². The molecule has 6 nitrogen and oxygen atoms in total. The van der Waals surface area contributed by atoms with Crippen LogP contribution in [0.15, 0.2) is 40.1 Å². The van der Waals surface area contributed by atoms with Crippen LogP contribution >= 0.6 is 34.3 Å². The normalized spacial score (nSPS) is 17.1. The molecule has 0 spiro atoms. The van der Waals surface area contributed by atoms with Gasteiger partial charge in [0.2, 0.25) is 5.28 Å². The Morgan fingerprint density at radius 1 is 1.32 bits per heavy atom. The summed E-state index contributed by atoms with van der Waals surface area (Å²) in [4.78, 5) is 19.1. The SMILES string of the molecule is Cc1nc(Cl)n(CC(=O)N2N=C(c3cccs3)CC2c2cccs2)n1. The Kier molecular flexibility index (Phi) is 4.41. The van der Waals surface area contributed by atoms with Gasteiger partial charge in [0.1, 0.15) is 12.4 Å². The molecule has 0 fully saturated rings. The molecule has 4 rings (SSSR count). The van der Waals surface area contributed by atoms with Gasteiger partial charge in [-0.2, -0.15) is 10.2 Å². The van der Waals surface area contributed by atoms with Crippen LogP contribution in [0, 0.1) is 6.92 Å². The van der Waals surface area contributed by atoms with E-state index in [0.29, 0.717) is 12.2 Å². The summed E-state index contributed by atoms with van der Waals surface area (Å²) in [6.07, 6.45) is 0.705. The number of thiophene rings is 2. The number of rotatable bonds is 4. The van der Waals surface area contributed by atoms with E-state index in [4.69, 9.17) is 11.6 Å². The quantitative estimate of drug-likeness (QED) is 0.680. The second-order valence-electron chi connectivity index (χ2n) is 5.58. The molecular formula is C16H14ClN5OS2. The van der Waals surface area contributed by atoms with Gasteiger partial charge in [-0.1, -0.05) is 12.1 Å². The first kappa shape index (κ1) is 16.4. The zero-order chi connectivity index (χ0) is 17.4. The minimum Gasteiger partial charge on any atom is -0.271 e. The van der Waals surface area contributed by atoms with Gasteiger partial charge in [-0.15, -0.1) is 22.7 Å². The molecule has 0 saturated heterocycles. The van der Waals surface area contributed by atoms with Crippen molar-refractivity contribution in [2.75, 3.05) is 0 Å². The number of nitrogens with zero attached hydrogens (tertiary/aromatic N) is 5. The lowest BCUT2D eigenvalue weighted by Gasteiger charge is -2.20. The molecule has 25 heavy (non-hydrogen) atoms. The number of amides is 1. The average molecular weight is 392 g/mol. The number of carbonyl (C=O) groups excluding carboxylic acids is 1. The summed E-state index contributed by atoms with van der Waals surface area (Å²) in [7, 11) is 0. The summed E-state index contributed by atoms with van der Waals surface area (Å²) in [5, 5.41) is 14.6. The van der Waals surface area contributed by atoms with E-state index in [0.717, 1.165) is 15.5 Å². The molecule has 0 aliphatic carbocycles. The molecule has 0 N–H and O–H groups in total. The van der Waals surface area contributed by atoms with Gasteiger partial charge >= 0.3 is 0 Å². The maximum Gasteiger partial charge on any atom is 0.265 e. The number of carbonyl (C=O) groups is 1. The molecule has 0 aromatic carbocycles. The smallest absolute Gasteiger partial charge is 0.265 e. The Labute approximate surface area is 157 Å². The minimum atomic E-state index is -0.156. The van der Waals surface area contributed by atoms with Crippen molar-refractivity contribution in [2.24, 2.45) is 5.10 Å². The second kappa shape index (κ2) is 6.70. The highest BCUT2D eigenvalue weighted by Crippen LogP contribution is 2.36. The third-order valence-corrected chi connectivity index (χ3v) is 6.03. The highest BCUT2D eigenvalue weighted by atomic mass is 35.5. The number of halogens is 1. The number of hydrogen-bond acceptors (Lipinski definition) is 6. The topological polar surface area (TPSA) is 63.4 Å². The fourth-order valence-corrected chi connectivity index (χ4v) is 4.52. The van der Waals surface area contributed by atoms with E-state index >= 15 is 0 Å². The summed E-state index contributed by atoms with van der Waals surface area (Å²) in [6, 6.07) is 7.96. The van der Waals surface area contributed by atoms with Gasteiger partial charge in [0, 0.05) is 11.3 Å². The van der Waals surface area contributed by atoms with Gasteiger partial charge in [-0.3, -0.25) is 4.79 Å². The van der Waals surface area contributed by atoms with Gasteiger partial charge in [0.15, 0.2) is 0 Å².